The number of anilines is 1. The van der Waals surface area contributed by atoms with Crippen molar-refractivity contribution >= 4 is 23.3 Å². The number of nitrogens with one attached hydrogen (secondary N) is 2. The quantitative estimate of drug-likeness (QED) is 0.700. The molecule has 1 amide bonds. The molecule has 0 aliphatic rings. The van der Waals surface area contributed by atoms with E-state index in [0.29, 0.717) is 17.0 Å². The van der Waals surface area contributed by atoms with Gasteiger partial charge in [-0.05, 0) is 33.8 Å². The van der Waals surface area contributed by atoms with Crippen molar-refractivity contribution in [2.24, 2.45) is 4.99 Å². The maximum Gasteiger partial charge on any atom is 0.325 e. The summed E-state index contributed by atoms with van der Waals surface area (Å²) in [5.74, 6) is -1.15. The number of hydrogen-bond donors (Lipinski definition) is 3. The predicted octanol–water partition coefficient (Wildman–Crippen LogP) is 1.91. The summed E-state index contributed by atoms with van der Waals surface area (Å²) in [7, 11) is 0. The van der Waals surface area contributed by atoms with Crippen molar-refractivity contribution in [2.45, 2.75) is 33.2 Å². The van der Waals surface area contributed by atoms with E-state index in [1.807, 2.05) is 26.8 Å². The molecular formula is C16H23N3O3. The second-order valence-electron chi connectivity index (χ2n) is 5.99. The molecular weight excluding hydrogens is 282 g/mol. The normalized spacial score (nSPS) is 12.1. The maximum atomic E-state index is 12.0. The zero-order valence-corrected chi connectivity index (χ0v) is 13.4. The van der Waals surface area contributed by atoms with E-state index in [9.17, 15) is 9.59 Å². The lowest BCUT2D eigenvalue weighted by atomic mass is 10.1. The van der Waals surface area contributed by atoms with Crippen molar-refractivity contribution in [3.8, 4) is 0 Å². The summed E-state index contributed by atoms with van der Waals surface area (Å²) in [6.07, 6.45) is 0. The van der Waals surface area contributed by atoms with Crippen molar-refractivity contribution in [3.63, 3.8) is 0 Å². The van der Waals surface area contributed by atoms with Crippen molar-refractivity contribution in [1.29, 1.82) is 0 Å². The molecule has 1 aromatic carbocycles. The van der Waals surface area contributed by atoms with Crippen LogP contribution in [0.3, 0.4) is 0 Å². The Labute approximate surface area is 130 Å². The third kappa shape index (κ3) is 6.49. The summed E-state index contributed by atoms with van der Waals surface area (Å²) in [5.41, 5.74) is 1.76. The molecule has 0 aliphatic carbocycles. The second kappa shape index (κ2) is 7.70. The number of benzene rings is 1. The van der Waals surface area contributed by atoms with Gasteiger partial charge in [0.05, 0.1) is 6.54 Å². The molecule has 6 heteroatoms. The molecule has 0 spiro atoms. The van der Waals surface area contributed by atoms with Gasteiger partial charge in [0.25, 0.3) is 0 Å². The summed E-state index contributed by atoms with van der Waals surface area (Å²) < 4.78 is 0. The minimum atomic E-state index is -0.991. The lowest BCUT2D eigenvalue weighted by Crippen LogP contribution is -2.41. The lowest BCUT2D eigenvalue weighted by molar-refractivity contribution is -0.135. The summed E-state index contributed by atoms with van der Waals surface area (Å²) in [6.45, 7) is 7.58. The van der Waals surface area contributed by atoms with Gasteiger partial charge in [0, 0.05) is 22.5 Å². The number of carboxylic acid groups (broad SMARTS) is 1. The van der Waals surface area contributed by atoms with Crippen molar-refractivity contribution in [3.05, 3.63) is 29.8 Å². The van der Waals surface area contributed by atoms with Crippen LogP contribution in [0.15, 0.2) is 29.3 Å². The number of nitrogens with zero attached hydrogens (tertiary/aromatic N) is 1. The molecule has 3 N–H and O–H groups in total. The van der Waals surface area contributed by atoms with Crippen LogP contribution in [0.1, 0.15) is 33.3 Å². The highest BCUT2D eigenvalue weighted by molar-refractivity contribution is 6.07. The molecule has 0 bridgehead atoms. The molecule has 120 valence electrons. The molecule has 0 radical (unpaired) electrons. The minimum absolute atomic E-state index is 0.143. The molecule has 0 unspecified atom stereocenters. The fourth-order valence-corrected chi connectivity index (χ4v) is 1.72. The van der Waals surface area contributed by atoms with Gasteiger partial charge in [0.15, 0.2) is 0 Å². The molecule has 0 aliphatic heterocycles. The Morgan fingerprint density at radius 2 is 1.86 bits per heavy atom. The zero-order valence-electron chi connectivity index (χ0n) is 13.4. The largest absolute Gasteiger partial charge is 0.480 e. The van der Waals surface area contributed by atoms with E-state index in [0.717, 1.165) is 0 Å². The van der Waals surface area contributed by atoms with Crippen LogP contribution in [0.4, 0.5) is 5.69 Å². The Morgan fingerprint density at radius 3 is 2.45 bits per heavy atom. The van der Waals surface area contributed by atoms with E-state index in [1.54, 1.807) is 25.1 Å². The average molecular weight is 305 g/mol. The Hall–Kier alpha value is -2.21. The van der Waals surface area contributed by atoms with Crippen LogP contribution in [0.2, 0.25) is 0 Å². The minimum Gasteiger partial charge on any atom is -0.480 e. The number of amides is 1. The summed E-state index contributed by atoms with van der Waals surface area (Å²) in [4.78, 5) is 26.6. The van der Waals surface area contributed by atoms with E-state index in [2.05, 4.69) is 15.6 Å². The number of rotatable bonds is 6. The van der Waals surface area contributed by atoms with Gasteiger partial charge in [-0.25, -0.2) is 0 Å². The first-order chi connectivity index (χ1) is 10.2. The van der Waals surface area contributed by atoms with Crippen LogP contribution in [0.5, 0.6) is 0 Å². The number of carbonyl (C=O) groups excluding carboxylic acids is 1. The van der Waals surface area contributed by atoms with Crippen LogP contribution >= 0.6 is 0 Å². The van der Waals surface area contributed by atoms with Crippen LogP contribution in [-0.4, -0.2) is 41.3 Å². The first-order valence-electron chi connectivity index (χ1n) is 7.06. The first kappa shape index (κ1) is 17.8. The van der Waals surface area contributed by atoms with Crippen LogP contribution in [0.25, 0.3) is 0 Å². The standard InChI is InChI=1S/C16H23N3O3/c1-11(17-10-15(21)22)12-7-5-6-8-13(12)19-14(20)9-18-16(2,3)4/h5-8,18H,9-10H2,1-4H3,(H,19,20)(H,21,22). The fraction of sp³-hybridized carbons (Fsp3) is 0.438. The molecule has 0 fully saturated rings. The van der Waals surface area contributed by atoms with E-state index in [1.165, 1.54) is 0 Å². The molecule has 0 saturated heterocycles. The Kier molecular flexibility index (Phi) is 6.24. The Morgan fingerprint density at radius 1 is 1.23 bits per heavy atom. The van der Waals surface area contributed by atoms with Crippen LogP contribution in [0, 0.1) is 0 Å². The van der Waals surface area contributed by atoms with Gasteiger partial charge in [-0.15, -0.1) is 0 Å². The fourth-order valence-electron chi connectivity index (χ4n) is 1.72. The van der Waals surface area contributed by atoms with E-state index < -0.39 is 5.97 Å². The Balaban J connectivity index is 2.81. The summed E-state index contributed by atoms with van der Waals surface area (Å²) in [5, 5.41) is 14.6. The third-order valence-corrected chi connectivity index (χ3v) is 2.82. The number of aliphatic imine (C=N–C) groups is 1. The van der Waals surface area contributed by atoms with Gasteiger partial charge in [0.2, 0.25) is 5.91 Å². The smallest absolute Gasteiger partial charge is 0.325 e. The van der Waals surface area contributed by atoms with Gasteiger partial charge in [-0.2, -0.15) is 0 Å². The van der Waals surface area contributed by atoms with Crippen molar-refractivity contribution in [2.75, 3.05) is 18.4 Å². The zero-order chi connectivity index (χ0) is 16.8. The van der Waals surface area contributed by atoms with Crippen LogP contribution < -0.4 is 10.6 Å². The SMILES string of the molecule is CC(=NCC(=O)O)c1ccccc1NC(=O)CNC(C)(C)C. The maximum absolute atomic E-state index is 12.0. The number of carboxylic acids is 1. The highest BCUT2D eigenvalue weighted by Gasteiger charge is 2.13. The van der Waals surface area contributed by atoms with E-state index >= 15 is 0 Å². The molecule has 0 atom stereocenters. The summed E-state index contributed by atoms with van der Waals surface area (Å²) >= 11 is 0. The topological polar surface area (TPSA) is 90.8 Å². The number of aliphatic carboxylic acids is 1. The summed E-state index contributed by atoms with van der Waals surface area (Å²) in [6, 6.07) is 7.19. The van der Waals surface area contributed by atoms with Gasteiger partial charge >= 0.3 is 5.97 Å². The molecule has 22 heavy (non-hydrogen) atoms. The monoisotopic (exact) mass is 305 g/mol. The second-order valence-corrected chi connectivity index (χ2v) is 5.99. The number of carbonyl (C=O) groups is 2. The average Bonchev–Trinajstić information content (AvgIpc) is 2.42. The van der Waals surface area contributed by atoms with Gasteiger partial charge < -0.3 is 15.7 Å². The molecule has 0 heterocycles. The van der Waals surface area contributed by atoms with E-state index in [4.69, 9.17) is 5.11 Å². The van der Waals surface area contributed by atoms with Crippen molar-refractivity contribution < 1.29 is 14.7 Å². The highest BCUT2D eigenvalue weighted by Crippen LogP contribution is 2.16. The van der Waals surface area contributed by atoms with Gasteiger partial charge in [-0.3, -0.25) is 14.6 Å². The van der Waals surface area contributed by atoms with Gasteiger partial charge in [-0.1, -0.05) is 18.2 Å². The van der Waals surface area contributed by atoms with Crippen LogP contribution in [-0.2, 0) is 9.59 Å². The molecule has 6 nitrogen and oxygen atoms in total. The Bertz CT molecular complexity index is 574. The molecule has 0 aromatic heterocycles. The van der Waals surface area contributed by atoms with E-state index in [-0.39, 0.29) is 24.5 Å². The lowest BCUT2D eigenvalue weighted by Gasteiger charge is -2.20. The predicted molar refractivity (Wildman–Crippen MR) is 87.5 cm³/mol. The number of hydrogen-bond acceptors (Lipinski definition) is 4. The van der Waals surface area contributed by atoms with Crippen molar-refractivity contribution in [1.82, 2.24) is 5.32 Å². The first-order valence-corrected chi connectivity index (χ1v) is 7.06. The molecule has 1 rings (SSSR count). The van der Waals surface area contributed by atoms with Gasteiger partial charge in [0.1, 0.15) is 6.54 Å². The third-order valence-electron chi connectivity index (χ3n) is 2.82. The number of para-hydroxylation sites is 1. The molecule has 1 aromatic rings. The highest BCUT2D eigenvalue weighted by atomic mass is 16.4. The molecule has 0 saturated carbocycles.